The van der Waals surface area contributed by atoms with Gasteiger partial charge in [-0.25, -0.2) is 9.97 Å². The summed E-state index contributed by atoms with van der Waals surface area (Å²) in [6.45, 7) is 2.75. The average molecular weight is 971 g/mol. The predicted molar refractivity (Wildman–Crippen MR) is 255 cm³/mol. The molecule has 3 aromatic carbocycles. The van der Waals surface area contributed by atoms with Crippen LogP contribution in [-0.4, -0.2) is 76.4 Å². The number of methoxy groups -OCH3 is 1. The standard InChI is InChI=1S/C49H56BrN7O7.ClH/c1-4-38-49(63)55(2)40-28-51-43(53-46(40)56(38)29-31-18-22-34(50)23-19-31)27-33-21-20-32(26-42(33)64-3)41(58)16-11-9-7-5-6-8-10-12-17-44(59)52-37-15-13-14-35-36(37)30-57(48(35)62)39-24-25-45(60)54-47(39)61;/h13-15,18-23,26,28,38-39H,4-12,16-17,24-25,27,29-30H2,1-3H3,(H,52,59)(H,54,60,61);1H/t38-,39?;/m1./s1. The first-order chi connectivity index (χ1) is 30.9. The lowest BCUT2D eigenvalue weighted by atomic mass is 10.00. The number of hydrogen-bond donors (Lipinski definition) is 2. The monoisotopic (exact) mass is 969 g/mol. The fourth-order valence-electron chi connectivity index (χ4n) is 8.85. The number of ether oxygens (including phenoxy) is 1. The number of rotatable bonds is 20. The van der Waals surface area contributed by atoms with E-state index in [0.29, 0.717) is 77.7 Å². The van der Waals surface area contributed by atoms with E-state index in [4.69, 9.17) is 9.72 Å². The minimum Gasteiger partial charge on any atom is -0.496 e. The number of benzene rings is 3. The van der Waals surface area contributed by atoms with E-state index in [9.17, 15) is 28.8 Å². The number of fused-ring (bicyclic) bond motifs is 2. The number of nitrogens with zero attached hydrogens (tertiary/aromatic N) is 5. The van der Waals surface area contributed by atoms with Gasteiger partial charge in [0.1, 0.15) is 29.3 Å². The van der Waals surface area contributed by atoms with Crippen molar-refractivity contribution in [3.8, 4) is 5.75 Å². The summed E-state index contributed by atoms with van der Waals surface area (Å²) in [7, 11) is 3.37. The largest absolute Gasteiger partial charge is 0.496 e. The molecule has 1 unspecified atom stereocenters. The summed E-state index contributed by atoms with van der Waals surface area (Å²) < 4.78 is 6.74. The first-order valence-corrected chi connectivity index (χ1v) is 23.2. The third-order valence-electron chi connectivity index (χ3n) is 12.4. The van der Waals surface area contributed by atoms with Crippen LogP contribution in [-0.2, 0) is 38.7 Å². The molecule has 1 saturated heterocycles. The minimum absolute atomic E-state index is 0. The topological polar surface area (TPSA) is 171 Å². The first-order valence-electron chi connectivity index (χ1n) is 22.4. The van der Waals surface area contributed by atoms with Crippen molar-refractivity contribution in [3.05, 3.63) is 105 Å². The summed E-state index contributed by atoms with van der Waals surface area (Å²) in [6, 6.07) is 17.8. The second-order valence-electron chi connectivity index (χ2n) is 16.8. The molecule has 2 N–H and O–H groups in total. The van der Waals surface area contributed by atoms with E-state index >= 15 is 0 Å². The van der Waals surface area contributed by atoms with Gasteiger partial charge in [0.2, 0.25) is 23.6 Å². The summed E-state index contributed by atoms with van der Waals surface area (Å²) in [4.78, 5) is 91.4. The second kappa shape index (κ2) is 22.5. The average Bonchev–Trinajstić information content (AvgIpc) is 3.63. The van der Waals surface area contributed by atoms with Crippen molar-refractivity contribution in [2.45, 2.75) is 122 Å². The van der Waals surface area contributed by atoms with Gasteiger partial charge >= 0.3 is 0 Å². The molecule has 2 atom stereocenters. The lowest BCUT2D eigenvalue weighted by molar-refractivity contribution is -0.137. The number of aromatic nitrogens is 2. The highest BCUT2D eigenvalue weighted by atomic mass is 79.9. The van der Waals surface area contributed by atoms with Crippen LogP contribution in [0.25, 0.3) is 0 Å². The molecule has 3 aliphatic rings. The summed E-state index contributed by atoms with van der Waals surface area (Å²) >= 11 is 3.51. The Hall–Kier alpha value is -5.67. The van der Waals surface area contributed by atoms with Gasteiger partial charge in [-0.15, -0.1) is 12.4 Å². The molecule has 0 saturated carbocycles. The summed E-state index contributed by atoms with van der Waals surface area (Å²) in [5.74, 6) is 0.820. The number of ketones is 1. The molecule has 0 bridgehead atoms. The maximum Gasteiger partial charge on any atom is 0.255 e. The van der Waals surface area contributed by atoms with Crippen LogP contribution in [0.2, 0.25) is 0 Å². The fourth-order valence-corrected chi connectivity index (χ4v) is 9.11. The van der Waals surface area contributed by atoms with Crippen LogP contribution >= 0.6 is 28.3 Å². The maximum absolute atomic E-state index is 13.4. The molecule has 5 amide bonds. The van der Waals surface area contributed by atoms with E-state index in [0.717, 1.165) is 67.0 Å². The van der Waals surface area contributed by atoms with Crippen LogP contribution in [0.3, 0.4) is 0 Å². The van der Waals surface area contributed by atoms with Crippen molar-refractivity contribution in [1.82, 2.24) is 20.2 Å². The van der Waals surface area contributed by atoms with Crippen LogP contribution in [0.4, 0.5) is 17.2 Å². The van der Waals surface area contributed by atoms with Gasteiger partial charge in [0.15, 0.2) is 11.6 Å². The molecule has 0 aliphatic carbocycles. The SMILES string of the molecule is CC[C@@H]1C(=O)N(C)c2cnc(Cc3ccc(C(=O)CCCCCCCCCCC(=O)Nc4cccc5c4CN(C4CCC(=O)NC4=O)C5=O)cc3OC)nc2N1Cc1ccc(Br)cc1.Cl. The molecule has 0 spiro atoms. The Kier molecular flexibility index (Phi) is 16.9. The number of carbonyl (C=O) groups is 6. The smallest absolute Gasteiger partial charge is 0.255 e. The first kappa shape index (κ1) is 48.8. The lowest BCUT2D eigenvalue weighted by Crippen LogP contribution is -2.52. The molecular formula is C49H57BrClN7O7. The predicted octanol–water partition coefficient (Wildman–Crippen LogP) is 8.51. The number of nitrogens with one attached hydrogen (secondary N) is 2. The van der Waals surface area contributed by atoms with Crippen LogP contribution in [0.15, 0.2) is 71.3 Å². The summed E-state index contributed by atoms with van der Waals surface area (Å²) in [6.07, 6.45) is 11.7. The number of likely N-dealkylation sites (N-methyl/N-ethyl adjacent to an activating group) is 1. The number of anilines is 3. The van der Waals surface area contributed by atoms with Gasteiger partial charge in [0, 0.05) is 78.2 Å². The number of piperidine rings is 1. The second-order valence-corrected chi connectivity index (χ2v) is 17.7. The van der Waals surface area contributed by atoms with Gasteiger partial charge in [-0.2, -0.15) is 0 Å². The Morgan fingerprint density at radius 3 is 2.32 bits per heavy atom. The molecule has 7 rings (SSSR count). The quantitative estimate of drug-likeness (QED) is 0.0497. The highest BCUT2D eigenvalue weighted by Gasteiger charge is 2.40. The van der Waals surface area contributed by atoms with Crippen molar-refractivity contribution < 1.29 is 33.5 Å². The molecule has 4 aromatic rings. The van der Waals surface area contributed by atoms with Gasteiger partial charge in [-0.3, -0.25) is 34.1 Å². The normalized spacial score (nSPS) is 16.8. The van der Waals surface area contributed by atoms with Crippen LogP contribution in [0.5, 0.6) is 5.75 Å². The minimum atomic E-state index is -0.706. The third kappa shape index (κ3) is 11.6. The molecule has 16 heteroatoms. The van der Waals surface area contributed by atoms with Crippen molar-refractivity contribution in [2.24, 2.45) is 0 Å². The number of carbonyl (C=O) groups excluding carboxylic acids is 6. The van der Waals surface area contributed by atoms with Crippen LogP contribution < -0.4 is 25.2 Å². The molecule has 1 fully saturated rings. The Balaban J connectivity index is 0.00000700. The molecular weight excluding hydrogens is 914 g/mol. The van der Waals surface area contributed by atoms with E-state index in [1.54, 1.807) is 49.5 Å². The molecule has 14 nitrogen and oxygen atoms in total. The summed E-state index contributed by atoms with van der Waals surface area (Å²) in [5, 5.41) is 5.28. The van der Waals surface area contributed by atoms with Crippen LogP contribution in [0, 0.1) is 0 Å². The Bertz CT molecular complexity index is 2410. The van der Waals surface area contributed by atoms with Gasteiger partial charge < -0.3 is 24.8 Å². The maximum atomic E-state index is 13.4. The van der Waals surface area contributed by atoms with E-state index in [-0.39, 0.29) is 67.2 Å². The molecule has 344 valence electrons. The van der Waals surface area contributed by atoms with Crippen molar-refractivity contribution in [3.63, 3.8) is 0 Å². The van der Waals surface area contributed by atoms with Crippen molar-refractivity contribution in [1.29, 1.82) is 0 Å². The molecule has 4 heterocycles. The number of Topliss-reactive ketones (excluding diaryl/α,β-unsaturated/α-hetero) is 1. The number of imide groups is 1. The van der Waals surface area contributed by atoms with Gasteiger partial charge in [0.25, 0.3) is 5.91 Å². The number of halogens is 2. The molecule has 65 heavy (non-hydrogen) atoms. The highest BCUT2D eigenvalue weighted by Crippen LogP contribution is 2.37. The number of unbranched alkanes of at least 4 members (excludes halogenated alkanes) is 7. The molecule has 3 aliphatic heterocycles. The zero-order chi connectivity index (χ0) is 45.3. The highest BCUT2D eigenvalue weighted by molar-refractivity contribution is 9.10. The molecule has 0 radical (unpaired) electrons. The van der Waals surface area contributed by atoms with Crippen molar-refractivity contribution in [2.75, 3.05) is 29.3 Å². The van der Waals surface area contributed by atoms with E-state index in [1.165, 1.54) is 4.90 Å². The zero-order valence-electron chi connectivity index (χ0n) is 37.2. The Morgan fingerprint density at radius 2 is 1.63 bits per heavy atom. The zero-order valence-corrected chi connectivity index (χ0v) is 39.6. The van der Waals surface area contributed by atoms with Gasteiger partial charge in [-0.1, -0.05) is 91.7 Å². The third-order valence-corrected chi connectivity index (χ3v) is 13.0. The lowest BCUT2D eigenvalue weighted by Gasteiger charge is -2.40. The van der Waals surface area contributed by atoms with Crippen LogP contribution in [0.1, 0.15) is 134 Å². The van der Waals surface area contributed by atoms with Gasteiger partial charge in [0.05, 0.1) is 13.3 Å². The van der Waals surface area contributed by atoms with Gasteiger partial charge in [-0.05, 0) is 61.6 Å². The van der Waals surface area contributed by atoms with E-state index in [1.807, 2.05) is 43.3 Å². The Labute approximate surface area is 394 Å². The Morgan fingerprint density at radius 1 is 0.923 bits per heavy atom. The fraction of sp³-hybridized carbons (Fsp3) is 0.429. The number of amides is 5. The van der Waals surface area contributed by atoms with E-state index in [2.05, 4.69) is 36.4 Å². The number of hydrogen-bond acceptors (Lipinski definition) is 10. The summed E-state index contributed by atoms with van der Waals surface area (Å²) in [5.41, 5.74) is 4.95. The van der Waals surface area contributed by atoms with Crippen molar-refractivity contribution >= 4 is 80.8 Å². The molecule has 1 aromatic heterocycles. The van der Waals surface area contributed by atoms with E-state index < -0.39 is 11.9 Å².